The number of carboxylic acid groups (broad SMARTS) is 1. The van der Waals surface area contributed by atoms with Gasteiger partial charge in [-0.15, -0.1) is 0 Å². The topological polar surface area (TPSA) is 84.9 Å². The number of benzene rings is 3. The molecule has 38 heavy (non-hydrogen) atoms. The minimum absolute atomic E-state index is 0. The van der Waals surface area contributed by atoms with E-state index < -0.39 is 5.97 Å². The van der Waals surface area contributed by atoms with Crippen LogP contribution in [0.15, 0.2) is 60.7 Å². The highest BCUT2D eigenvalue weighted by Gasteiger charge is 2.19. The number of hydrogen-bond acceptors (Lipinski definition) is 4. The largest absolute Gasteiger partial charge is 0.496 e. The van der Waals surface area contributed by atoms with Gasteiger partial charge in [0, 0.05) is 25.2 Å². The average molecular weight is 520 g/mol. The Morgan fingerprint density at radius 3 is 2.13 bits per heavy atom. The van der Waals surface area contributed by atoms with Crippen molar-refractivity contribution in [1.82, 2.24) is 5.32 Å². The molecule has 0 saturated heterocycles. The number of carbonyl (C=O) groups is 2. The molecule has 0 fully saturated rings. The van der Waals surface area contributed by atoms with E-state index in [4.69, 9.17) is 14.6 Å². The second-order valence-corrected chi connectivity index (χ2v) is 10.4. The van der Waals surface area contributed by atoms with E-state index in [0.29, 0.717) is 17.4 Å². The van der Waals surface area contributed by atoms with Gasteiger partial charge in [0.15, 0.2) is 0 Å². The maximum absolute atomic E-state index is 12.3. The predicted octanol–water partition coefficient (Wildman–Crippen LogP) is 7.41. The van der Waals surface area contributed by atoms with E-state index in [-0.39, 0.29) is 26.4 Å². The van der Waals surface area contributed by atoms with Crippen molar-refractivity contribution in [2.45, 2.75) is 59.5 Å². The normalized spacial score (nSPS) is 11.9. The number of aliphatic carboxylic acids is 1. The summed E-state index contributed by atoms with van der Waals surface area (Å²) in [5.74, 6) is 1.11. The highest BCUT2D eigenvalue weighted by molar-refractivity contribution is 5.94. The minimum Gasteiger partial charge on any atom is -0.496 e. The lowest BCUT2D eigenvalue weighted by molar-refractivity contribution is -0.136. The van der Waals surface area contributed by atoms with Crippen molar-refractivity contribution in [3.8, 4) is 22.6 Å². The zero-order chi connectivity index (χ0) is 27.8. The molecule has 6 nitrogen and oxygen atoms in total. The van der Waals surface area contributed by atoms with Crippen molar-refractivity contribution in [2.75, 3.05) is 13.7 Å². The first-order valence-corrected chi connectivity index (χ1v) is 13.1. The summed E-state index contributed by atoms with van der Waals surface area (Å²) < 4.78 is 12.3. The van der Waals surface area contributed by atoms with E-state index >= 15 is 0 Å². The molecule has 0 saturated carbocycles. The fraction of sp³-hybridized carbons (Fsp3) is 0.375. The van der Waals surface area contributed by atoms with Gasteiger partial charge in [0.2, 0.25) is 0 Å². The SMILES string of the molecule is COc1cc(OC(CC(C)C)c2ccc(C(=O)NCCC(=O)O)cc2)cc(C)c1-c1ccc(C(C)C)cc1.[HH]. The molecule has 1 atom stereocenters. The lowest BCUT2D eigenvalue weighted by atomic mass is 9.95. The van der Waals surface area contributed by atoms with E-state index in [1.54, 1.807) is 19.2 Å². The zero-order valence-electron chi connectivity index (χ0n) is 23.2. The molecular weight excluding hydrogens is 478 g/mol. The number of aryl methyl sites for hydroxylation is 1. The van der Waals surface area contributed by atoms with Crippen molar-refractivity contribution in [1.29, 1.82) is 0 Å². The number of rotatable bonds is 12. The molecular formula is C32H41NO5. The van der Waals surface area contributed by atoms with Gasteiger partial charge in [0.1, 0.15) is 17.6 Å². The maximum atomic E-state index is 12.3. The Kier molecular flexibility index (Phi) is 9.94. The molecule has 0 bridgehead atoms. The van der Waals surface area contributed by atoms with Gasteiger partial charge in [-0.25, -0.2) is 0 Å². The Morgan fingerprint density at radius 2 is 1.58 bits per heavy atom. The van der Waals surface area contributed by atoms with Crippen LogP contribution in [0.4, 0.5) is 0 Å². The smallest absolute Gasteiger partial charge is 0.305 e. The third kappa shape index (κ3) is 7.60. The fourth-order valence-corrected chi connectivity index (χ4v) is 4.44. The second kappa shape index (κ2) is 13.1. The van der Waals surface area contributed by atoms with Crippen LogP contribution in [0, 0.1) is 12.8 Å². The summed E-state index contributed by atoms with van der Waals surface area (Å²) in [6.45, 7) is 10.8. The van der Waals surface area contributed by atoms with E-state index in [9.17, 15) is 9.59 Å². The summed E-state index contributed by atoms with van der Waals surface area (Å²) in [5.41, 5.74) is 5.96. The van der Waals surface area contributed by atoms with Crippen LogP contribution in [-0.4, -0.2) is 30.6 Å². The fourth-order valence-electron chi connectivity index (χ4n) is 4.44. The summed E-state index contributed by atoms with van der Waals surface area (Å²) in [6, 6.07) is 19.9. The third-order valence-corrected chi connectivity index (χ3v) is 6.49. The Labute approximate surface area is 227 Å². The molecule has 0 aliphatic heterocycles. The quantitative estimate of drug-likeness (QED) is 0.260. The first-order valence-electron chi connectivity index (χ1n) is 13.1. The minimum atomic E-state index is -0.946. The average Bonchev–Trinajstić information content (AvgIpc) is 2.87. The number of nitrogens with one attached hydrogen (secondary N) is 1. The molecule has 0 heterocycles. The van der Waals surface area contributed by atoms with Crippen LogP contribution in [-0.2, 0) is 4.79 Å². The van der Waals surface area contributed by atoms with Crippen LogP contribution in [0.25, 0.3) is 11.1 Å². The van der Waals surface area contributed by atoms with Gasteiger partial charge in [-0.05, 0) is 65.6 Å². The molecule has 0 spiro atoms. The van der Waals surface area contributed by atoms with E-state index in [0.717, 1.165) is 40.2 Å². The zero-order valence-corrected chi connectivity index (χ0v) is 23.2. The van der Waals surface area contributed by atoms with Crippen LogP contribution >= 0.6 is 0 Å². The van der Waals surface area contributed by atoms with Crippen molar-refractivity contribution in [3.05, 3.63) is 82.9 Å². The third-order valence-electron chi connectivity index (χ3n) is 6.49. The molecule has 0 radical (unpaired) electrons. The van der Waals surface area contributed by atoms with Gasteiger partial charge in [-0.1, -0.05) is 64.1 Å². The Balaban J connectivity index is 0.00000533. The lowest BCUT2D eigenvalue weighted by Crippen LogP contribution is -2.26. The van der Waals surface area contributed by atoms with Crippen LogP contribution in [0.1, 0.15) is 81.0 Å². The molecule has 0 aliphatic rings. The highest BCUT2D eigenvalue weighted by Crippen LogP contribution is 2.39. The van der Waals surface area contributed by atoms with Gasteiger partial charge in [-0.3, -0.25) is 9.59 Å². The van der Waals surface area contributed by atoms with Crippen molar-refractivity contribution in [2.24, 2.45) is 5.92 Å². The van der Waals surface area contributed by atoms with Gasteiger partial charge < -0.3 is 19.9 Å². The van der Waals surface area contributed by atoms with Crippen LogP contribution in [0.3, 0.4) is 0 Å². The number of carbonyl (C=O) groups excluding carboxylic acids is 1. The van der Waals surface area contributed by atoms with Crippen LogP contribution in [0.5, 0.6) is 11.5 Å². The van der Waals surface area contributed by atoms with E-state index in [1.807, 2.05) is 24.3 Å². The highest BCUT2D eigenvalue weighted by atomic mass is 16.5. The van der Waals surface area contributed by atoms with E-state index in [1.165, 1.54) is 5.56 Å². The van der Waals surface area contributed by atoms with Gasteiger partial charge in [0.25, 0.3) is 5.91 Å². The van der Waals surface area contributed by atoms with Gasteiger partial charge in [-0.2, -0.15) is 0 Å². The standard InChI is InChI=1S/C32H39NO5.H2/c1-20(2)17-28(24-9-13-26(14-10-24)32(36)33-16-15-30(34)35)38-27-18-22(5)31(29(19-27)37-6)25-11-7-23(8-12-25)21(3)4;/h7-14,18-21,28H,15-17H2,1-6H3,(H,33,36)(H,34,35);1H. The van der Waals surface area contributed by atoms with Gasteiger partial charge >= 0.3 is 5.97 Å². The monoisotopic (exact) mass is 519 g/mol. The van der Waals surface area contributed by atoms with E-state index in [2.05, 4.69) is 64.2 Å². The van der Waals surface area contributed by atoms with Crippen LogP contribution < -0.4 is 14.8 Å². The summed E-state index contributed by atoms with van der Waals surface area (Å²) in [6.07, 6.45) is 0.475. The number of hydrogen-bond donors (Lipinski definition) is 2. The Bertz CT molecular complexity index is 1240. The molecule has 6 heteroatoms. The van der Waals surface area contributed by atoms with Gasteiger partial charge in [0.05, 0.1) is 13.5 Å². The molecule has 3 aromatic carbocycles. The molecule has 3 rings (SSSR count). The molecule has 1 unspecified atom stereocenters. The lowest BCUT2D eigenvalue weighted by Gasteiger charge is -2.23. The molecule has 2 N–H and O–H groups in total. The Hall–Kier alpha value is -3.80. The van der Waals surface area contributed by atoms with Crippen LogP contribution in [0.2, 0.25) is 0 Å². The van der Waals surface area contributed by atoms with Crippen molar-refractivity contribution in [3.63, 3.8) is 0 Å². The molecule has 204 valence electrons. The number of methoxy groups -OCH3 is 1. The molecule has 0 aliphatic carbocycles. The first kappa shape index (κ1) is 28.8. The van der Waals surface area contributed by atoms with Crippen molar-refractivity contribution >= 4 is 11.9 Å². The Morgan fingerprint density at radius 1 is 0.947 bits per heavy atom. The second-order valence-electron chi connectivity index (χ2n) is 10.4. The molecule has 1 amide bonds. The molecule has 3 aromatic rings. The summed E-state index contributed by atoms with van der Waals surface area (Å²) in [7, 11) is 1.68. The summed E-state index contributed by atoms with van der Waals surface area (Å²) in [5, 5.41) is 11.4. The summed E-state index contributed by atoms with van der Waals surface area (Å²) >= 11 is 0. The maximum Gasteiger partial charge on any atom is 0.305 e. The first-order chi connectivity index (χ1) is 18.1. The number of ether oxygens (including phenoxy) is 2. The molecule has 0 aromatic heterocycles. The predicted molar refractivity (Wildman–Crippen MR) is 153 cm³/mol. The number of amides is 1. The van der Waals surface area contributed by atoms with Crippen molar-refractivity contribution < 1.29 is 25.6 Å². The number of carboxylic acids is 1. The summed E-state index contributed by atoms with van der Waals surface area (Å²) in [4.78, 5) is 23.0.